The number of carbonyl (C=O) groups is 2. The first kappa shape index (κ1) is 23.1. The van der Waals surface area contributed by atoms with Crippen LogP contribution in [0.4, 0.5) is 0 Å². The smallest absolute Gasteiger partial charge is 0.355 e. The summed E-state index contributed by atoms with van der Waals surface area (Å²) in [5.74, 6) is 0.882. The van der Waals surface area contributed by atoms with Crippen molar-refractivity contribution in [2.24, 2.45) is 17.8 Å². The Bertz CT molecular complexity index is 696. The quantitative estimate of drug-likeness (QED) is 0.381. The number of ketones is 1. The highest BCUT2D eigenvalue weighted by molar-refractivity contribution is 8.01. The molecule has 2 N–H and O–H groups in total. The summed E-state index contributed by atoms with van der Waals surface area (Å²) in [6.07, 6.45) is 8.83. The fourth-order valence-electron chi connectivity index (χ4n) is 3.43. The molecule has 0 aromatic carbocycles. The first-order valence-electron chi connectivity index (χ1n) is 9.91. The lowest BCUT2D eigenvalue weighted by Crippen LogP contribution is -2.23. The highest BCUT2D eigenvalue weighted by Gasteiger charge is 2.32. The van der Waals surface area contributed by atoms with Crippen LogP contribution < -0.4 is 0 Å². The number of aromatic nitrogens is 1. The molecule has 3 atom stereocenters. The van der Waals surface area contributed by atoms with E-state index in [4.69, 9.17) is 5.11 Å². The van der Waals surface area contributed by atoms with Crippen LogP contribution in [-0.4, -0.2) is 38.3 Å². The van der Waals surface area contributed by atoms with E-state index in [1.54, 1.807) is 5.38 Å². The zero-order valence-electron chi connectivity index (χ0n) is 16.9. The summed E-state index contributed by atoms with van der Waals surface area (Å²) in [6.45, 7) is 6.20. The Morgan fingerprint density at radius 1 is 1.50 bits per heavy atom. The van der Waals surface area contributed by atoms with Crippen LogP contribution in [0.2, 0.25) is 0 Å². The molecule has 1 aromatic rings. The second-order valence-electron chi connectivity index (χ2n) is 8.28. The zero-order chi connectivity index (χ0) is 20.7. The molecule has 1 aliphatic rings. The monoisotopic (exact) mass is 425 g/mol. The van der Waals surface area contributed by atoms with Crippen LogP contribution in [0.1, 0.15) is 69.8 Å². The number of allylic oxidation sites excluding steroid dienone is 1. The number of hydrogen-bond acceptors (Lipinski definition) is 6. The molecule has 0 radical (unpaired) electrons. The lowest BCUT2D eigenvalue weighted by molar-refractivity contribution is -0.121. The van der Waals surface area contributed by atoms with Gasteiger partial charge in [0.05, 0.1) is 5.60 Å². The van der Waals surface area contributed by atoms with Crippen LogP contribution >= 0.6 is 23.1 Å². The molecule has 1 aromatic heterocycles. The lowest BCUT2D eigenvalue weighted by Gasteiger charge is -2.23. The highest BCUT2D eigenvalue weighted by atomic mass is 32.2. The van der Waals surface area contributed by atoms with Crippen molar-refractivity contribution in [1.29, 1.82) is 0 Å². The molecule has 0 aliphatic heterocycles. The summed E-state index contributed by atoms with van der Waals surface area (Å²) < 4.78 is 0.733. The number of nitrogens with zero attached hydrogens (tertiary/aromatic N) is 1. The van der Waals surface area contributed by atoms with Crippen molar-refractivity contribution in [2.45, 2.75) is 69.2 Å². The molecule has 0 amide bonds. The van der Waals surface area contributed by atoms with Gasteiger partial charge in [-0.2, -0.15) is 0 Å². The molecule has 0 unspecified atom stereocenters. The molecule has 0 bridgehead atoms. The summed E-state index contributed by atoms with van der Waals surface area (Å²) in [7, 11) is 0. The molecule has 156 valence electrons. The summed E-state index contributed by atoms with van der Waals surface area (Å²) in [6, 6.07) is 0. The maximum absolute atomic E-state index is 12.3. The standard InChI is InChI=1S/C21H31NO4S2/c1-14(2)8-11-21(3,26)10-4-5-15-6-7-18(23)16(15)9-12-27-20-22-17(13-28-20)19(24)25/h4-5,13-16,26H,6-12H2,1-3H3,(H,24,25)/t15-,16+,21-/m0/s1. The summed E-state index contributed by atoms with van der Waals surface area (Å²) in [4.78, 5) is 27.2. The van der Waals surface area contributed by atoms with Crippen LogP contribution in [0.3, 0.4) is 0 Å². The number of carbonyl (C=O) groups excluding carboxylic acids is 1. The molecule has 1 fully saturated rings. The topological polar surface area (TPSA) is 87.5 Å². The van der Waals surface area contributed by atoms with Crippen molar-refractivity contribution >= 4 is 34.9 Å². The van der Waals surface area contributed by atoms with Gasteiger partial charge in [0.15, 0.2) is 10.0 Å². The molecule has 1 heterocycles. The van der Waals surface area contributed by atoms with Gasteiger partial charge in [-0.25, -0.2) is 9.78 Å². The van der Waals surface area contributed by atoms with Crippen molar-refractivity contribution in [3.8, 4) is 0 Å². The number of carboxylic acids is 1. The summed E-state index contributed by atoms with van der Waals surface area (Å²) in [5.41, 5.74) is -0.615. The minimum atomic E-state index is -1.01. The highest BCUT2D eigenvalue weighted by Crippen LogP contribution is 2.35. The van der Waals surface area contributed by atoms with Gasteiger partial charge in [0.25, 0.3) is 0 Å². The van der Waals surface area contributed by atoms with Crippen molar-refractivity contribution in [3.63, 3.8) is 0 Å². The molecule has 5 nitrogen and oxygen atoms in total. The SMILES string of the molecule is CC(C)CC[C@@](C)(O)CC=C[C@H]1CCC(=O)[C@@H]1CCSc1nc(C(=O)O)cs1. The van der Waals surface area contributed by atoms with Gasteiger partial charge in [-0.3, -0.25) is 4.79 Å². The van der Waals surface area contributed by atoms with E-state index in [-0.39, 0.29) is 17.5 Å². The van der Waals surface area contributed by atoms with Crippen LogP contribution in [0.25, 0.3) is 0 Å². The second kappa shape index (κ2) is 10.6. The van der Waals surface area contributed by atoms with E-state index in [9.17, 15) is 14.7 Å². The number of aromatic carboxylic acids is 1. The fourth-order valence-corrected chi connectivity index (χ4v) is 5.33. The number of thioether (sulfide) groups is 1. The average molecular weight is 426 g/mol. The zero-order valence-corrected chi connectivity index (χ0v) is 18.5. The van der Waals surface area contributed by atoms with E-state index < -0.39 is 11.6 Å². The Morgan fingerprint density at radius 2 is 2.25 bits per heavy atom. The molecule has 1 saturated carbocycles. The molecule has 2 rings (SSSR count). The van der Waals surface area contributed by atoms with Gasteiger partial charge >= 0.3 is 5.97 Å². The second-order valence-corrected chi connectivity index (χ2v) is 10.5. The van der Waals surface area contributed by atoms with E-state index in [0.29, 0.717) is 24.5 Å². The molecule has 0 saturated heterocycles. The molecule has 7 heteroatoms. The van der Waals surface area contributed by atoms with Crippen LogP contribution in [0.5, 0.6) is 0 Å². The normalized spacial score (nSPS) is 22.2. The Kier molecular flexibility index (Phi) is 8.71. The van der Waals surface area contributed by atoms with Crippen molar-refractivity contribution < 1.29 is 19.8 Å². The largest absolute Gasteiger partial charge is 0.476 e. The van der Waals surface area contributed by atoms with E-state index in [2.05, 4.69) is 24.9 Å². The van der Waals surface area contributed by atoms with Gasteiger partial charge in [-0.15, -0.1) is 11.3 Å². The van der Waals surface area contributed by atoms with Gasteiger partial charge in [0, 0.05) is 23.5 Å². The predicted octanol–water partition coefficient (Wildman–Crippen LogP) is 5.05. The van der Waals surface area contributed by atoms with Gasteiger partial charge in [-0.05, 0) is 50.9 Å². The molecular weight excluding hydrogens is 394 g/mol. The molecule has 1 aliphatic carbocycles. The third kappa shape index (κ3) is 7.33. The molecule has 0 spiro atoms. The maximum Gasteiger partial charge on any atom is 0.355 e. The average Bonchev–Trinajstić information content (AvgIpc) is 3.22. The number of aliphatic hydroxyl groups is 1. The number of thiazole rings is 1. The minimum absolute atomic E-state index is 0.0169. The van der Waals surface area contributed by atoms with Crippen LogP contribution in [0.15, 0.2) is 21.9 Å². The van der Waals surface area contributed by atoms with Gasteiger partial charge < -0.3 is 10.2 Å². The van der Waals surface area contributed by atoms with Gasteiger partial charge in [0.2, 0.25) is 0 Å². The van der Waals surface area contributed by atoms with Crippen molar-refractivity contribution in [1.82, 2.24) is 4.98 Å². The van der Waals surface area contributed by atoms with E-state index in [1.807, 2.05) is 13.0 Å². The fraction of sp³-hybridized carbons (Fsp3) is 0.667. The van der Waals surface area contributed by atoms with Crippen LogP contribution in [-0.2, 0) is 4.79 Å². The Labute approximate surface area is 175 Å². The van der Waals surface area contributed by atoms with E-state index in [1.165, 1.54) is 23.1 Å². The van der Waals surface area contributed by atoms with Crippen molar-refractivity contribution in [3.05, 3.63) is 23.2 Å². The summed E-state index contributed by atoms with van der Waals surface area (Å²) in [5, 5.41) is 21.0. The Morgan fingerprint density at radius 3 is 2.89 bits per heavy atom. The van der Waals surface area contributed by atoms with Crippen LogP contribution in [0, 0.1) is 17.8 Å². The first-order valence-corrected chi connectivity index (χ1v) is 11.8. The minimum Gasteiger partial charge on any atom is -0.476 e. The van der Waals surface area contributed by atoms with Gasteiger partial charge in [0.1, 0.15) is 5.78 Å². The first-order chi connectivity index (χ1) is 13.2. The summed E-state index contributed by atoms with van der Waals surface area (Å²) >= 11 is 2.84. The number of hydrogen-bond donors (Lipinski definition) is 2. The Balaban J connectivity index is 1.82. The van der Waals surface area contributed by atoms with E-state index in [0.717, 1.165) is 35.8 Å². The lowest BCUT2D eigenvalue weighted by atomic mass is 9.89. The predicted molar refractivity (Wildman–Crippen MR) is 114 cm³/mol. The third-order valence-electron chi connectivity index (χ3n) is 5.21. The molecular formula is C21H31NO4S2. The number of Topliss-reactive ketones (excluding diaryl/α,β-unsaturated/α-hetero) is 1. The maximum atomic E-state index is 12.3. The van der Waals surface area contributed by atoms with Gasteiger partial charge in [-0.1, -0.05) is 37.8 Å². The third-order valence-corrected chi connectivity index (χ3v) is 7.27. The Hall–Kier alpha value is -1.18. The molecule has 28 heavy (non-hydrogen) atoms. The number of rotatable bonds is 11. The number of carboxylic acid groups (broad SMARTS) is 1. The van der Waals surface area contributed by atoms with Crippen molar-refractivity contribution in [2.75, 3.05) is 5.75 Å². The van der Waals surface area contributed by atoms with E-state index >= 15 is 0 Å².